The molecule has 9 heteroatoms. The third-order valence-corrected chi connectivity index (χ3v) is 9.52. The van der Waals surface area contributed by atoms with E-state index in [1.54, 1.807) is 42.5 Å². The second-order valence-corrected chi connectivity index (χ2v) is 13.7. The number of hydrogen-bond acceptors (Lipinski definition) is 5. The monoisotopic (exact) mass is 584 g/mol. The van der Waals surface area contributed by atoms with Crippen LogP contribution in [0.1, 0.15) is 59.9 Å². The molecule has 0 aliphatic carbocycles. The molecule has 42 heavy (non-hydrogen) atoms. The van der Waals surface area contributed by atoms with Crippen LogP contribution in [-0.4, -0.2) is 43.7 Å². The number of amides is 2. The van der Waals surface area contributed by atoms with Crippen molar-refractivity contribution in [2.75, 3.05) is 23.7 Å². The predicted octanol–water partition coefficient (Wildman–Crippen LogP) is 5.75. The van der Waals surface area contributed by atoms with Gasteiger partial charge in [0.25, 0.3) is 11.8 Å². The van der Waals surface area contributed by atoms with Gasteiger partial charge in [-0.15, -0.1) is 0 Å². The van der Waals surface area contributed by atoms with Gasteiger partial charge in [-0.2, -0.15) is 4.31 Å². The Hall–Kier alpha value is -4.21. The lowest BCUT2D eigenvalue weighted by atomic mass is 9.87. The molecule has 0 saturated carbocycles. The van der Waals surface area contributed by atoms with E-state index in [0.29, 0.717) is 36.3 Å². The van der Waals surface area contributed by atoms with E-state index in [4.69, 9.17) is 5.73 Å². The topological polar surface area (TPSA) is 122 Å². The van der Waals surface area contributed by atoms with Crippen LogP contribution in [0.4, 0.5) is 11.4 Å². The second-order valence-electron chi connectivity index (χ2n) is 11.8. The zero-order chi connectivity index (χ0) is 30.1. The SMILES string of the molecule is CC(C)(C)c1ccc(C(=O)Nc2ccc(C(N)=O)c(NC3CCCN(S(=O)(=O)c4ccc5ccccc5c4)C3)c2)cc1. The summed E-state index contributed by atoms with van der Waals surface area (Å²) in [5, 5.41) is 8.06. The van der Waals surface area contributed by atoms with Crippen LogP contribution in [0.15, 0.2) is 89.8 Å². The van der Waals surface area contributed by atoms with Crippen LogP contribution in [-0.2, 0) is 15.4 Å². The number of benzene rings is 4. The molecular weight excluding hydrogens is 548 g/mol. The Balaban J connectivity index is 1.33. The van der Waals surface area contributed by atoms with Gasteiger partial charge in [0.05, 0.1) is 10.5 Å². The van der Waals surface area contributed by atoms with Crippen LogP contribution < -0.4 is 16.4 Å². The summed E-state index contributed by atoms with van der Waals surface area (Å²) in [6.45, 7) is 6.97. The van der Waals surface area contributed by atoms with Crippen molar-refractivity contribution in [3.8, 4) is 0 Å². The van der Waals surface area contributed by atoms with Crippen LogP contribution in [0.25, 0.3) is 10.8 Å². The molecule has 4 aromatic rings. The van der Waals surface area contributed by atoms with Gasteiger partial charge >= 0.3 is 0 Å². The van der Waals surface area contributed by atoms with Crippen molar-refractivity contribution in [2.45, 2.75) is 50.0 Å². The maximum Gasteiger partial charge on any atom is 0.255 e. The summed E-state index contributed by atoms with van der Waals surface area (Å²) in [5.41, 5.74) is 8.46. The first kappa shape index (κ1) is 29.3. The second kappa shape index (κ2) is 11.6. The van der Waals surface area contributed by atoms with Crippen molar-refractivity contribution in [3.05, 3.63) is 102 Å². The molecule has 218 valence electrons. The first-order valence-corrected chi connectivity index (χ1v) is 15.5. The molecule has 1 atom stereocenters. The Bertz CT molecular complexity index is 1740. The molecule has 0 spiro atoms. The highest BCUT2D eigenvalue weighted by atomic mass is 32.2. The summed E-state index contributed by atoms with van der Waals surface area (Å²) in [6.07, 6.45) is 1.36. The molecule has 1 unspecified atom stereocenters. The number of carbonyl (C=O) groups is 2. The Labute approximate surface area is 247 Å². The van der Waals surface area contributed by atoms with Gasteiger partial charge in [-0.25, -0.2) is 8.42 Å². The smallest absolute Gasteiger partial charge is 0.255 e. The number of nitrogens with zero attached hydrogens (tertiary/aromatic N) is 1. The minimum atomic E-state index is -3.73. The highest BCUT2D eigenvalue weighted by molar-refractivity contribution is 7.89. The minimum absolute atomic E-state index is 0.0241. The highest BCUT2D eigenvalue weighted by Gasteiger charge is 2.31. The molecule has 1 saturated heterocycles. The number of nitrogens with two attached hydrogens (primary N) is 1. The fraction of sp³-hybridized carbons (Fsp3) is 0.273. The molecule has 5 rings (SSSR count). The molecule has 1 heterocycles. The van der Waals surface area contributed by atoms with E-state index in [9.17, 15) is 18.0 Å². The maximum atomic E-state index is 13.6. The molecule has 0 aromatic heterocycles. The van der Waals surface area contributed by atoms with Gasteiger partial charge in [0.1, 0.15) is 0 Å². The van der Waals surface area contributed by atoms with Crippen LogP contribution in [0.3, 0.4) is 0 Å². The van der Waals surface area contributed by atoms with Gasteiger partial charge in [-0.05, 0) is 77.1 Å². The molecule has 2 amide bonds. The Kier molecular flexibility index (Phi) is 8.08. The average Bonchev–Trinajstić information content (AvgIpc) is 2.96. The number of hydrogen-bond donors (Lipinski definition) is 3. The van der Waals surface area contributed by atoms with Gasteiger partial charge in [0, 0.05) is 36.1 Å². The van der Waals surface area contributed by atoms with Crippen molar-refractivity contribution >= 4 is 44.0 Å². The van der Waals surface area contributed by atoms with E-state index in [1.165, 1.54) is 4.31 Å². The lowest BCUT2D eigenvalue weighted by molar-refractivity contribution is 0.0998. The molecule has 4 N–H and O–H groups in total. The third kappa shape index (κ3) is 6.32. The summed E-state index contributed by atoms with van der Waals surface area (Å²) >= 11 is 0. The summed E-state index contributed by atoms with van der Waals surface area (Å²) in [5.74, 6) is -0.900. The average molecular weight is 585 g/mol. The van der Waals surface area contributed by atoms with Crippen LogP contribution >= 0.6 is 0 Å². The first-order valence-electron chi connectivity index (χ1n) is 14.0. The molecule has 8 nitrogen and oxygen atoms in total. The maximum absolute atomic E-state index is 13.6. The molecule has 0 radical (unpaired) electrons. The summed E-state index contributed by atoms with van der Waals surface area (Å²) in [7, 11) is -3.73. The zero-order valence-corrected chi connectivity index (χ0v) is 24.9. The van der Waals surface area contributed by atoms with Gasteiger partial charge < -0.3 is 16.4 Å². The molecule has 1 aliphatic heterocycles. The number of fused-ring (bicyclic) bond motifs is 1. The number of primary amides is 1. The van der Waals surface area contributed by atoms with E-state index in [1.807, 2.05) is 42.5 Å². The number of nitrogens with one attached hydrogen (secondary N) is 2. The standard InChI is InChI=1S/C33H36N4O4S/c1-33(2,3)25-13-10-23(11-14-25)32(39)36-26-15-17-29(31(34)38)30(20-26)35-27-9-6-18-37(21-27)42(40,41)28-16-12-22-7-4-5-8-24(22)19-28/h4-5,7-8,10-17,19-20,27,35H,6,9,18,21H2,1-3H3,(H2,34,38)(H,36,39). The number of anilines is 2. The molecule has 1 fully saturated rings. The Morgan fingerprint density at radius 2 is 1.62 bits per heavy atom. The molecular formula is C33H36N4O4S. The lowest BCUT2D eigenvalue weighted by Crippen LogP contribution is -2.45. The van der Waals surface area contributed by atoms with Crippen molar-refractivity contribution in [1.82, 2.24) is 4.31 Å². The van der Waals surface area contributed by atoms with E-state index < -0.39 is 15.9 Å². The van der Waals surface area contributed by atoms with Gasteiger partial charge in [-0.1, -0.05) is 63.2 Å². The van der Waals surface area contributed by atoms with E-state index in [-0.39, 0.29) is 34.4 Å². The van der Waals surface area contributed by atoms with Crippen molar-refractivity contribution in [3.63, 3.8) is 0 Å². The van der Waals surface area contributed by atoms with Crippen molar-refractivity contribution in [1.29, 1.82) is 0 Å². The van der Waals surface area contributed by atoms with Crippen LogP contribution in [0, 0.1) is 0 Å². The number of carbonyl (C=O) groups excluding carboxylic acids is 2. The number of rotatable bonds is 7. The van der Waals surface area contributed by atoms with Crippen LogP contribution in [0.2, 0.25) is 0 Å². The van der Waals surface area contributed by atoms with E-state index >= 15 is 0 Å². The minimum Gasteiger partial charge on any atom is -0.380 e. The fourth-order valence-corrected chi connectivity index (χ4v) is 6.82. The van der Waals surface area contributed by atoms with E-state index in [2.05, 4.69) is 31.4 Å². The number of piperidine rings is 1. The fourth-order valence-electron chi connectivity index (χ4n) is 5.26. The Morgan fingerprint density at radius 3 is 2.31 bits per heavy atom. The van der Waals surface area contributed by atoms with Crippen molar-refractivity contribution in [2.24, 2.45) is 5.73 Å². The summed E-state index contributed by atoms with van der Waals surface area (Å²) in [6, 6.07) is 24.9. The molecule has 0 bridgehead atoms. The Morgan fingerprint density at radius 1 is 0.905 bits per heavy atom. The summed E-state index contributed by atoms with van der Waals surface area (Å²) in [4.78, 5) is 25.5. The largest absolute Gasteiger partial charge is 0.380 e. The third-order valence-electron chi connectivity index (χ3n) is 7.66. The van der Waals surface area contributed by atoms with E-state index in [0.717, 1.165) is 16.3 Å². The highest BCUT2D eigenvalue weighted by Crippen LogP contribution is 2.28. The van der Waals surface area contributed by atoms with Gasteiger partial charge in [0.15, 0.2) is 0 Å². The predicted molar refractivity (Wildman–Crippen MR) is 167 cm³/mol. The van der Waals surface area contributed by atoms with Crippen LogP contribution in [0.5, 0.6) is 0 Å². The van der Waals surface area contributed by atoms with Gasteiger partial charge in [0.2, 0.25) is 10.0 Å². The molecule has 4 aromatic carbocycles. The van der Waals surface area contributed by atoms with Crippen molar-refractivity contribution < 1.29 is 18.0 Å². The quantitative estimate of drug-likeness (QED) is 0.255. The lowest BCUT2D eigenvalue weighted by Gasteiger charge is -2.33. The van der Waals surface area contributed by atoms with Gasteiger partial charge in [-0.3, -0.25) is 9.59 Å². The summed E-state index contributed by atoms with van der Waals surface area (Å²) < 4.78 is 28.6. The first-order chi connectivity index (χ1) is 19.9. The molecule has 1 aliphatic rings. The number of sulfonamides is 1. The zero-order valence-electron chi connectivity index (χ0n) is 24.1. The normalized spacial score (nSPS) is 16.2.